The summed E-state index contributed by atoms with van der Waals surface area (Å²) in [5, 5.41) is 0. The number of benzene rings is 2. The van der Waals surface area contributed by atoms with Gasteiger partial charge in [-0.2, -0.15) is 0 Å². The van der Waals surface area contributed by atoms with Crippen molar-refractivity contribution >= 4 is 21.7 Å². The molecule has 0 aliphatic rings. The molecule has 0 saturated carbocycles. The summed E-state index contributed by atoms with van der Waals surface area (Å²) in [6, 6.07) is 5.99. The van der Waals surface area contributed by atoms with Crippen LogP contribution in [0.15, 0.2) is 34.8 Å². The first-order valence-corrected chi connectivity index (χ1v) is 6.75. The molecular formula is C15H10BrF3O2. The van der Waals surface area contributed by atoms with Crippen molar-refractivity contribution in [2.45, 2.75) is 13.5 Å². The smallest absolute Gasteiger partial charge is 0.162 e. The third-order valence-corrected chi connectivity index (χ3v) is 3.45. The van der Waals surface area contributed by atoms with Crippen LogP contribution >= 0.6 is 15.9 Å². The molecule has 0 spiro atoms. The van der Waals surface area contributed by atoms with Gasteiger partial charge in [-0.25, -0.2) is 13.2 Å². The molecule has 6 heteroatoms. The van der Waals surface area contributed by atoms with E-state index in [0.29, 0.717) is 0 Å². The summed E-state index contributed by atoms with van der Waals surface area (Å²) in [5.74, 6) is -2.60. The maximum Gasteiger partial charge on any atom is 0.162 e. The number of carbonyl (C=O) groups is 1. The number of ketones is 1. The van der Waals surface area contributed by atoms with Crippen LogP contribution in [0.2, 0.25) is 0 Å². The average Bonchev–Trinajstić information content (AvgIpc) is 2.43. The summed E-state index contributed by atoms with van der Waals surface area (Å²) in [6.45, 7) is 0.848. The highest BCUT2D eigenvalue weighted by molar-refractivity contribution is 9.10. The van der Waals surface area contributed by atoms with E-state index in [0.717, 1.165) is 12.1 Å². The normalized spacial score (nSPS) is 10.5. The third kappa shape index (κ3) is 3.44. The van der Waals surface area contributed by atoms with Gasteiger partial charge in [0.2, 0.25) is 0 Å². The van der Waals surface area contributed by atoms with E-state index in [4.69, 9.17) is 4.74 Å². The second kappa shape index (κ2) is 6.30. The van der Waals surface area contributed by atoms with Crippen LogP contribution in [0.25, 0.3) is 0 Å². The zero-order valence-electron chi connectivity index (χ0n) is 10.9. The Morgan fingerprint density at radius 3 is 2.48 bits per heavy atom. The van der Waals surface area contributed by atoms with Crippen molar-refractivity contribution in [1.82, 2.24) is 0 Å². The van der Waals surface area contributed by atoms with Crippen molar-refractivity contribution in [3.63, 3.8) is 0 Å². The molecular weight excluding hydrogens is 349 g/mol. The van der Waals surface area contributed by atoms with Crippen molar-refractivity contribution in [2.24, 2.45) is 0 Å². The fraction of sp³-hybridized carbons (Fsp3) is 0.133. The summed E-state index contributed by atoms with van der Waals surface area (Å²) in [6.07, 6.45) is 0. The first-order chi connectivity index (χ1) is 9.90. The predicted molar refractivity (Wildman–Crippen MR) is 74.8 cm³/mol. The van der Waals surface area contributed by atoms with Gasteiger partial charge in [0, 0.05) is 6.07 Å². The van der Waals surface area contributed by atoms with Crippen molar-refractivity contribution in [1.29, 1.82) is 0 Å². The minimum atomic E-state index is -0.768. The van der Waals surface area contributed by atoms with E-state index in [9.17, 15) is 18.0 Å². The third-order valence-electron chi connectivity index (χ3n) is 2.84. The number of rotatable bonds is 4. The van der Waals surface area contributed by atoms with Gasteiger partial charge in [0.15, 0.2) is 5.78 Å². The molecule has 2 aromatic rings. The molecule has 0 N–H and O–H groups in total. The van der Waals surface area contributed by atoms with E-state index < -0.39 is 29.8 Å². The van der Waals surface area contributed by atoms with Crippen LogP contribution in [0.4, 0.5) is 13.2 Å². The minimum Gasteiger partial charge on any atom is -0.489 e. The van der Waals surface area contributed by atoms with Gasteiger partial charge < -0.3 is 4.74 Å². The van der Waals surface area contributed by atoms with Gasteiger partial charge in [-0.15, -0.1) is 0 Å². The van der Waals surface area contributed by atoms with Crippen LogP contribution in [0.3, 0.4) is 0 Å². The second-order valence-electron chi connectivity index (χ2n) is 4.31. The topological polar surface area (TPSA) is 26.3 Å². The van der Waals surface area contributed by atoms with Crippen molar-refractivity contribution in [2.75, 3.05) is 0 Å². The number of Topliss-reactive ketones (excluding diaryl/α,β-unsaturated/α-hetero) is 1. The fourth-order valence-corrected chi connectivity index (χ4v) is 2.10. The van der Waals surface area contributed by atoms with E-state index in [2.05, 4.69) is 15.9 Å². The number of halogens is 4. The molecule has 0 aromatic heterocycles. The minimum absolute atomic E-state index is 0.0674. The maximum atomic E-state index is 13.7. The molecule has 0 aliphatic carbocycles. The highest BCUT2D eigenvalue weighted by Crippen LogP contribution is 2.24. The SMILES string of the molecule is CC(=O)c1ccc(OCc2c(F)ccc(Br)c2F)cc1F. The Morgan fingerprint density at radius 1 is 1.14 bits per heavy atom. The van der Waals surface area contributed by atoms with Crippen LogP contribution < -0.4 is 4.74 Å². The maximum absolute atomic E-state index is 13.7. The average molecular weight is 359 g/mol. The summed E-state index contributed by atoms with van der Waals surface area (Å²) in [7, 11) is 0. The van der Waals surface area contributed by atoms with Gasteiger partial charge in [-0.05, 0) is 47.1 Å². The van der Waals surface area contributed by atoms with E-state index >= 15 is 0 Å². The number of hydrogen-bond donors (Lipinski definition) is 0. The molecule has 0 radical (unpaired) electrons. The molecule has 2 rings (SSSR count). The monoisotopic (exact) mass is 358 g/mol. The molecule has 0 atom stereocenters. The Bertz CT molecular complexity index is 702. The highest BCUT2D eigenvalue weighted by Gasteiger charge is 2.14. The predicted octanol–water partition coefficient (Wildman–Crippen LogP) is 4.65. The molecule has 0 heterocycles. The Balaban J connectivity index is 2.19. The molecule has 0 unspecified atom stereocenters. The molecule has 110 valence electrons. The Hall–Kier alpha value is -1.82. The van der Waals surface area contributed by atoms with Crippen molar-refractivity contribution in [3.8, 4) is 5.75 Å². The summed E-state index contributed by atoms with van der Waals surface area (Å²) in [4.78, 5) is 11.1. The standard InChI is InChI=1S/C15H10BrF3O2/c1-8(20)10-3-2-9(6-14(10)18)21-7-11-13(17)5-4-12(16)15(11)19/h2-6H,7H2,1H3. The summed E-state index contributed by atoms with van der Waals surface area (Å²) >= 11 is 2.95. The van der Waals surface area contributed by atoms with Gasteiger partial charge in [-0.1, -0.05) is 0 Å². The molecule has 2 nitrogen and oxygen atoms in total. The molecule has 2 aromatic carbocycles. The van der Waals surface area contributed by atoms with Gasteiger partial charge in [-0.3, -0.25) is 4.79 Å². The van der Waals surface area contributed by atoms with Crippen LogP contribution in [-0.4, -0.2) is 5.78 Å². The van der Waals surface area contributed by atoms with Crippen LogP contribution in [0.1, 0.15) is 22.8 Å². The molecule has 0 bridgehead atoms. The molecule has 0 aliphatic heterocycles. The van der Waals surface area contributed by atoms with Crippen molar-refractivity contribution < 1.29 is 22.7 Å². The Morgan fingerprint density at radius 2 is 1.86 bits per heavy atom. The lowest BCUT2D eigenvalue weighted by molar-refractivity contribution is 0.101. The molecule has 0 amide bonds. The van der Waals surface area contributed by atoms with Crippen molar-refractivity contribution in [3.05, 3.63) is 63.4 Å². The van der Waals surface area contributed by atoms with E-state index in [-0.39, 0.29) is 21.3 Å². The fourth-order valence-electron chi connectivity index (χ4n) is 1.73. The zero-order valence-corrected chi connectivity index (χ0v) is 12.5. The Kier molecular flexibility index (Phi) is 4.67. The highest BCUT2D eigenvalue weighted by atomic mass is 79.9. The zero-order chi connectivity index (χ0) is 15.6. The van der Waals surface area contributed by atoms with Gasteiger partial charge in [0.05, 0.1) is 15.6 Å². The summed E-state index contributed by atoms with van der Waals surface area (Å²) < 4.78 is 46.1. The first kappa shape index (κ1) is 15.6. The number of hydrogen-bond acceptors (Lipinski definition) is 2. The van der Waals surface area contributed by atoms with E-state index in [1.54, 1.807) is 0 Å². The lowest BCUT2D eigenvalue weighted by Crippen LogP contribution is -2.04. The number of carbonyl (C=O) groups excluding carboxylic acids is 1. The van der Waals surface area contributed by atoms with Crippen LogP contribution in [0, 0.1) is 17.5 Å². The first-order valence-electron chi connectivity index (χ1n) is 5.96. The molecule has 21 heavy (non-hydrogen) atoms. The lowest BCUT2D eigenvalue weighted by Gasteiger charge is -2.10. The van der Waals surface area contributed by atoms with Crippen LogP contribution in [-0.2, 0) is 6.61 Å². The molecule has 0 fully saturated rings. The molecule has 0 saturated heterocycles. The Labute approximate surface area is 127 Å². The lowest BCUT2D eigenvalue weighted by atomic mass is 10.1. The quantitative estimate of drug-likeness (QED) is 0.587. The summed E-state index contributed by atoms with van der Waals surface area (Å²) in [5.41, 5.74) is -0.331. The number of ether oxygens (including phenoxy) is 1. The second-order valence-corrected chi connectivity index (χ2v) is 5.16. The van der Waals surface area contributed by atoms with Gasteiger partial charge in [0.25, 0.3) is 0 Å². The largest absolute Gasteiger partial charge is 0.489 e. The van der Waals surface area contributed by atoms with Crippen LogP contribution in [0.5, 0.6) is 5.75 Å². The van der Waals surface area contributed by atoms with Gasteiger partial charge >= 0.3 is 0 Å². The van der Waals surface area contributed by atoms with E-state index in [1.165, 1.54) is 25.1 Å². The van der Waals surface area contributed by atoms with E-state index in [1.807, 2.05) is 0 Å². The van der Waals surface area contributed by atoms with Gasteiger partial charge in [0.1, 0.15) is 29.8 Å².